The third kappa shape index (κ3) is 1.94. The molecule has 2 atom stereocenters. The van der Waals surface area contributed by atoms with Crippen LogP contribution in [0.1, 0.15) is 45.4 Å². The van der Waals surface area contributed by atoms with E-state index in [1.807, 2.05) is 0 Å². The molecule has 0 amide bonds. The molecule has 0 aromatic carbocycles. The summed E-state index contributed by atoms with van der Waals surface area (Å²) in [6.07, 6.45) is 4.96. The van der Waals surface area contributed by atoms with Crippen molar-refractivity contribution in [1.82, 2.24) is 0 Å². The molecule has 1 saturated carbocycles. The number of aliphatic hydroxyl groups is 2. The first kappa shape index (κ1) is 9.01. The van der Waals surface area contributed by atoms with Gasteiger partial charge in [-0.2, -0.15) is 0 Å². The van der Waals surface area contributed by atoms with E-state index in [-0.39, 0.29) is 0 Å². The molecule has 11 heavy (non-hydrogen) atoms. The van der Waals surface area contributed by atoms with Crippen LogP contribution in [0.2, 0.25) is 0 Å². The molecule has 2 N–H and O–H groups in total. The maximum atomic E-state index is 9.84. The fourth-order valence-electron chi connectivity index (χ4n) is 1.81. The Balaban J connectivity index is 2.38. The first-order valence-corrected chi connectivity index (χ1v) is 4.59. The smallest absolute Gasteiger partial charge is 0.0905 e. The summed E-state index contributed by atoms with van der Waals surface area (Å²) in [6, 6.07) is 0. The van der Waals surface area contributed by atoms with Crippen molar-refractivity contribution in [1.29, 1.82) is 0 Å². The van der Waals surface area contributed by atoms with Crippen LogP contribution in [0.5, 0.6) is 0 Å². The minimum absolute atomic E-state index is 0.464. The summed E-state index contributed by atoms with van der Waals surface area (Å²) < 4.78 is 0. The van der Waals surface area contributed by atoms with Crippen LogP contribution in [0.4, 0.5) is 0 Å². The maximum absolute atomic E-state index is 9.84. The van der Waals surface area contributed by atoms with Crippen LogP contribution < -0.4 is 0 Å². The molecule has 0 aromatic rings. The third-order valence-electron chi connectivity index (χ3n) is 2.67. The lowest BCUT2D eigenvalue weighted by Crippen LogP contribution is -2.36. The Morgan fingerprint density at radius 2 is 2.27 bits per heavy atom. The quantitative estimate of drug-likeness (QED) is 0.652. The molecule has 0 aromatic heterocycles. The molecular formula is C9H18O2. The molecule has 0 aliphatic heterocycles. The predicted molar refractivity (Wildman–Crippen MR) is 44.3 cm³/mol. The van der Waals surface area contributed by atoms with E-state index in [9.17, 15) is 10.2 Å². The third-order valence-corrected chi connectivity index (χ3v) is 2.67. The van der Waals surface area contributed by atoms with Gasteiger partial charge in [-0.15, -0.1) is 0 Å². The summed E-state index contributed by atoms with van der Waals surface area (Å²) in [5, 5.41) is 19.3. The molecular weight excluding hydrogens is 140 g/mol. The van der Waals surface area contributed by atoms with E-state index >= 15 is 0 Å². The van der Waals surface area contributed by atoms with Crippen molar-refractivity contribution in [3.05, 3.63) is 0 Å². The van der Waals surface area contributed by atoms with Crippen molar-refractivity contribution >= 4 is 0 Å². The Kier molecular flexibility index (Phi) is 2.90. The zero-order chi connectivity index (χ0) is 8.32. The normalized spacial score (nSPS) is 37.9. The lowest BCUT2D eigenvalue weighted by atomic mass is 9.93. The largest absolute Gasteiger partial charge is 0.390 e. The van der Waals surface area contributed by atoms with Crippen LogP contribution in [0.3, 0.4) is 0 Å². The average molecular weight is 158 g/mol. The molecule has 2 unspecified atom stereocenters. The lowest BCUT2D eigenvalue weighted by Gasteiger charge is -2.26. The second-order valence-electron chi connectivity index (χ2n) is 3.62. The van der Waals surface area contributed by atoms with Crippen molar-refractivity contribution in [2.24, 2.45) is 0 Å². The summed E-state index contributed by atoms with van der Waals surface area (Å²) >= 11 is 0. The van der Waals surface area contributed by atoms with Crippen molar-refractivity contribution in [2.75, 3.05) is 0 Å². The summed E-state index contributed by atoms with van der Waals surface area (Å²) in [6.45, 7) is 2.10. The number of hydrogen-bond donors (Lipinski definition) is 2. The van der Waals surface area contributed by atoms with E-state index in [1.165, 1.54) is 0 Å². The molecule has 0 saturated heterocycles. The van der Waals surface area contributed by atoms with Gasteiger partial charge in [-0.05, 0) is 25.7 Å². The summed E-state index contributed by atoms with van der Waals surface area (Å²) in [4.78, 5) is 0. The first-order valence-electron chi connectivity index (χ1n) is 4.59. The molecule has 2 heteroatoms. The number of hydrogen-bond acceptors (Lipinski definition) is 2. The van der Waals surface area contributed by atoms with Gasteiger partial charge in [-0.1, -0.05) is 19.8 Å². The van der Waals surface area contributed by atoms with Gasteiger partial charge < -0.3 is 10.2 Å². The molecule has 0 bridgehead atoms. The molecule has 1 fully saturated rings. The minimum Gasteiger partial charge on any atom is -0.390 e. The number of unbranched alkanes of at least 4 members (excludes halogenated alkanes) is 1. The van der Waals surface area contributed by atoms with Gasteiger partial charge in [0.25, 0.3) is 0 Å². The lowest BCUT2D eigenvalue weighted by molar-refractivity contribution is -0.0595. The Morgan fingerprint density at radius 3 is 2.73 bits per heavy atom. The highest BCUT2D eigenvalue weighted by molar-refractivity contribution is 4.91. The van der Waals surface area contributed by atoms with Crippen LogP contribution in [-0.4, -0.2) is 21.9 Å². The molecule has 1 aliphatic rings. The van der Waals surface area contributed by atoms with Crippen molar-refractivity contribution in [2.45, 2.75) is 57.2 Å². The highest BCUT2D eigenvalue weighted by Crippen LogP contribution is 2.33. The van der Waals surface area contributed by atoms with E-state index in [1.54, 1.807) is 0 Å². The van der Waals surface area contributed by atoms with Crippen molar-refractivity contribution in [3.8, 4) is 0 Å². The van der Waals surface area contributed by atoms with E-state index in [2.05, 4.69) is 6.92 Å². The number of rotatable bonds is 3. The van der Waals surface area contributed by atoms with E-state index in [0.29, 0.717) is 0 Å². The van der Waals surface area contributed by atoms with Gasteiger partial charge in [-0.25, -0.2) is 0 Å². The molecule has 0 spiro atoms. The predicted octanol–water partition coefficient (Wildman–Crippen LogP) is 1.45. The van der Waals surface area contributed by atoms with Crippen molar-refractivity contribution < 1.29 is 10.2 Å². The number of aliphatic hydroxyl groups excluding tert-OH is 1. The molecule has 1 aliphatic carbocycles. The SMILES string of the molecule is CCCCC1(O)CCCC1O. The Labute approximate surface area is 68.2 Å². The van der Waals surface area contributed by atoms with Gasteiger partial charge in [0.1, 0.15) is 0 Å². The minimum atomic E-state index is -0.740. The van der Waals surface area contributed by atoms with E-state index in [4.69, 9.17) is 0 Å². The topological polar surface area (TPSA) is 40.5 Å². The van der Waals surface area contributed by atoms with Crippen LogP contribution >= 0.6 is 0 Å². The highest BCUT2D eigenvalue weighted by Gasteiger charge is 2.38. The monoisotopic (exact) mass is 158 g/mol. The van der Waals surface area contributed by atoms with Gasteiger partial charge in [0.15, 0.2) is 0 Å². The summed E-state index contributed by atoms with van der Waals surface area (Å²) in [7, 11) is 0. The Morgan fingerprint density at radius 1 is 1.55 bits per heavy atom. The molecule has 2 nitrogen and oxygen atoms in total. The van der Waals surface area contributed by atoms with Crippen molar-refractivity contribution in [3.63, 3.8) is 0 Å². The Hall–Kier alpha value is -0.0800. The van der Waals surface area contributed by atoms with Gasteiger partial charge in [0.05, 0.1) is 11.7 Å². The summed E-state index contributed by atoms with van der Waals surface area (Å²) in [5.41, 5.74) is -0.740. The standard InChI is InChI=1S/C9H18O2/c1-2-3-6-9(11)7-4-5-8(9)10/h8,10-11H,2-7H2,1H3. The zero-order valence-electron chi connectivity index (χ0n) is 7.21. The second-order valence-corrected chi connectivity index (χ2v) is 3.62. The fraction of sp³-hybridized carbons (Fsp3) is 1.00. The fourth-order valence-corrected chi connectivity index (χ4v) is 1.81. The highest BCUT2D eigenvalue weighted by atomic mass is 16.3. The van der Waals surface area contributed by atoms with E-state index < -0.39 is 11.7 Å². The molecule has 0 heterocycles. The maximum Gasteiger partial charge on any atom is 0.0905 e. The molecule has 0 radical (unpaired) electrons. The van der Waals surface area contributed by atoms with Crippen LogP contribution in [0.25, 0.3) is 0 Å². The molecule has 66 valence electrons. The first-order chi connectivity index (χ1) is 5.19. The van der Waals surface area contributed by atoms with Crippen LogP contribution in [0, 0.1) is 0 Å². The van der Waals surface area contributed by atoms with Crippen LogP contribution in [0.15, 0.2) is 0 Å². The van der Waals surface area contributed by atoms with Gasteiger partial charge in [0, 0.05) is 0 Å². The zero-order valence-corrected chi connectivity index (χ0v) is 7.21. The molecule has 1 rings (SSSR count). The second kappa shape index (κ2) is 3.55. The van der Waals surface area contributed by atoms with Crippen LogP contribution in [-0.2, 0) is 0 Å². The average Bonchev–Trinajstić information content (AvgIpc) is 2.30. The van der Waals surface area contributed by atoms with E-state index in [0.717, 1.165) is 38.5 Å². The van der Waals surface area contributed by atoms with Gasteiger partial charge in [-0.3, -0.25) is 0 Å². The Bertz CT molecular complexity index is 125. The van der Waals surface area contributed by atoms with Gasteiger partial charge in [0.2, 0.25) is 0 Å². The summed E-state index contributed by atoms with van der Waals surface area (Å²) in [5.74, 6) is 0. The van der Waals surface area contributed by atoms with Gasteiger partial charge >= 0.3 is 0 Å².